The van der Waals surface area contributed by atoms with Gasteiger partial charge in [0.05, 0.1) is 0 Å². The number of ketones is 1. The van der Waals surface area contributed by atoms with Crippen LogP contribution in [0.4, 0.5) is 5.69 Å². The zero-order valence-electron chi connectivity index (χ0n) is 15.2. The Morgan fingerprint density at radius 2 is 2.07 bits per heavy atom. The molecule has 0 radical (unpaired) electrons. The van der Waals surface area contributed by atoms with Gasteiger partial charge in [-0.05, 0) is 52.3 Å². The van der Waals surface area contributed by atoms with Crippen LogP contribution in [-0.2, 0) is 11.2 Å². The number of nitrogens with one attached hydrogen (secondary N) is 1. The average Bonchev–Trinajstić information content (AvgIpc) is 3.19. The molecule has 1 aromatic heterocycles. The summed E-state index contributed by atoms with van der Waals surface area (Å²) in [5.74, 6) is 0.676. The molecule has 136 valence electrons. The van der Waals surface area contributed by atoms with E-state index in [0.29, 0.717) is 30.0 Å². The van der Waals surface area contributed by atoms with Crippen LogP contribution in [-0.4, -0.2) is 15.9 Å². The molecule has 0 fully saturated rings. The normalized spacial score (nSPS) is 13.4. The lowest BCUT2D eigenvalue weighted by atomic mass is 9.99. The lowest BCUT2D eigenvalue weighted by molar-refractivity contribution is -0.119. The Morgan fingerprint density at radius 3 is 2.89 bits per heavy atom. The van der Waals surface area contributed by atoms with Crippen molar-refractivity contribution in [1.82, 2.24) is 4.98 Å². The number of hydrogen-bond acceptors (Lipinski definition) is 5. The highest BCUT2D eigenvalue weighted by Gasteiger charge is 2.12. The topological polar surface area (TPSA) is 90.2 Å². The Labute approximate surface area is 156 Å². The molecule has 27 heavy (non-hydrogen) atoms. The number of carbonyl (C=O) groups is 1. The summed E-state index contributed by atoms with van der Waals surface area (Å²) in [5.41, 5.74) is 3.18. The van der Waals surface area contributed by atoms with Crippen LogP contribution in [0.25, 0.3) is 17.0 Å². The smallest absolute Gasteiger partial charge is 0.196 e. The standard InChI is InChI=1S/C21H20N4O2/c1-12(2)7-15(26)8-13-3-5-18-16(9-13)17(21(27)22-18)10-14-4-6-19-20(11-14)24-25-23-19/h3-6,9-12,22,27H,7-8H2,1-2H3/b14-10+. The van der Waals surface area contributed by atoms with E-state index in [1.807, 2.05) is 56.3 Å². The van der Waals surface area contributed by atoms with Crippen molar-refractivity contribution < 1.29 is 9.90 Å². The van der Waals surface area contributed by atoms with E-state index >= 15 is 0 Å². The van der Waals surface area contributed by atoms with E-state index in [1.54, 1.807) is 0 Å². The molecule has 3 aromatic rings. The molecule has 1 aliphatic rings. The molecular weight excluding hydrogens is 340 g/mol. The zero-order chi connectivity index (χ0) is 19.0. The number of benzene rings is 2. The van der Waals surface area contributed by atoms with Crippen molar-refractivity contribution in [2.75, 3.05) is 0 Å². The van der Waals surface area contributed by atoms with Crippen LogP contribution in [0.1, 0.15) is 31.4 Å². The number of aromatic hydroxyl groups is 1. The summed E-state index contributed by atoms with van der Waals surface area (Å²) in [6.45, 7) is 4.09. The molecule has 0 unspecified atom stereocenters. The second-order valence-electron chi connectivity index (χ2n) is 7.26. The van der Waals surface area contributed by atoms with Gasteiger partial charge in [-0.3, -0.25) is 4.79 Å². The Morgan fingerprint density at radius 1 is 1.22 bits per heavy atom. The van der Waals surface area contributed by atoms with Gasteiger partial charge < -0.3 is 10.1 Å². The first-order chi connectivity index (χ1) is 13.0. The molecule has 6 heteroatoms. The number of aromatic amines is 1. The van der Waals surface area contributed by atoms with Gasteiger partial charge in [0.25, 0.3) is 0 Å². The van der Waals surface area contributed by atoms with Crippen molar-refractivity contribution in [1.29, 1.82) is 0 Å². The van der Waals surface area contributed by atoms with Gasteiger partial charge in [-0.15, -0.1) is 10.2 Å². The first-order valence-electron chi connectivity index (χ1n) is 8.95. The third-order valence-corrected chi connectivity index (χ3v) is 4.53. The van der Waals surface area contributed by atoms with Crippen molar-refractivity contribution in [3.05, 3.63) is 58.1 Å². The molecule has 1 aliphatic heterocycles. The molecule has 0 amide bonds. The number of rotatable bonds is 5. The fourth-order valence-corrected chi connectivity index (χ4v) is 3.34. The van der Waals surface area contributed by atoms with Crippen LogP contribution in [0.15, 0.2) is 51.8 Å². The summed E-state index contributed by atoms with van der Waals surface area (Å²) in [6.07, 6.45) is 2.87. The fraction of sp³-hybridized carbons (Fsp3) is 0.238. The number of Topliss-reactive ketones (excluding diaryl/α,β-unsaturated/α-hetero) is 1. The maximum Gasteiger partial charge on any atom is 0.196 e. The highest BCUT2D eigenvalue weighted by molar-refractivity contribution is 5.93. The van der Waals surface area contributed by atoms with Gasteiger partial charge in [0.15, 0.2) is 5.88 Å². The second-order valence-corrected chi connectivity index (χ2v) is 7.26. The molecule has 0 saturated carbocycles. The number of carbonyl (C=O) groups excluding carboxylic acids is 1. The second kappa shape index (κ2) is 6.79. The molecule has 0 saturated heterocycles. The summed E-state index contributed by atoms with van der Waals surface area (Å²) in [5, 5.41) is 24.4. The van der Waals surface area contributed by atoms with Crippen LogP contribution >= 0.6 is 0 Å². The number of fused-ring (bicyclic) bond motifs is 2. The van der Waals surface area contributed by atoms with Crippen molar-refractivity contribution in [3.8, 4) is 5.88 Å². The molecule has 0 atom stereocenters. The Kier molecular flexibility index (Phi) is 4.32. The monoisotopic (exact) mass is 360 g/mol. The van der Waals surface area contributed by atoms with E-state index in [9.17, 15) is 9.90 Å². The zero-order valence-corrected chi connectivity index (χ0v) is 15.2. The van der Waals surface area contributed by atoms with E-state index in [4.69, 9.17) is 0 Å². The molecule has 2 N–H and O–H groups in total. The Hall–Kier alpha value is -3.28. The number of hydrogen-bond donors (Lipinski definition) is 2. The number of aromatic nitrogens is 1. The third kappa shape index (κ3) is 3.51. The number of nitrogens with zero attached hydrogens (tertiary/aromatic N) is 3. The molecular formula is C21H20N4O2. The van der Waals surface area contributed by atoms with Crippen LogP contribution in [0.3, 0.4) is 0 Å². The van der Waals surface area contributed by atoms with E-state index in [2.05, 4.69) is 20.4 Å². The minimum atomic E-state index is 0.0995. The predicted octanol–water partition coefficient (Wildman–Crippen LogP) is 3.49. The van der Waals surface area contributed by atoms with Gasteiger partial charge in [0, 0.05) is 29.3 Å². The Balaban J connectivity index is 1.74. The molecule has 2 aromatic carbocycles. The summed E-state index contributed by atoms with van der Waals surface area (Å²) in [4.78, 5) is 15.1. The van der Waals surface area contributed by atoms with E-state index in [0.717, 1.165) is 27.0 Å². The van der Waals surface area contributed by atoms with Crippen LogP contribution in [0.2, 0.25) is 0 Å². The predicted molar refractivity (Wildman–Crippen MR) is 103 cm³/mol. The van der Waals surface area contributed by atoms with Crippen molar-refractivity contribution in [3.63, 3.8) is 0 Å². The summed E-state index contributed by atoms with van der Waals surface area (Å²) in [7, 11) is 0. The minimum Gasteiger partial charge on any atom is -0.494 e. The fourth-order valence-electron chi connectivity index (χ4n) is 3.34. The average molecular weight is 360 g/mol. The maximum atomic E-state index is 12.2. The van der Waals surface area contributed by atoms with Gasteiger partial charge in [-0.1, -0.05) is 26.0 Å². The third-order valence-electron chi connectivity index (χ3n) is 4.53. The number of H-pyrrole nitrogens is 1. The summed E-state index contributed by atoms with van der Waals surface area (Å²) >= 11 is 0. The van der Waals surface area contributed by atoms with E-state index < -0.39 is 0 Å². The largest absolute Gasteiger partial charge is 0.494 e. The summed E-state index contributed by atoms with van der Waals surface area (Å²) in [6, 6.07) is 11.4. The van der Waals surface area contributed by atoms with Gasteiger partial charge in [-0.25, -0.2) is 0 Å². The van der Waals surface area contributed by atoms with Gasteiger partial charge in [0.2, 0.25) is 0 Å². The van der Waals surface area contributed by atoms with Crippen molar-refractivity contribution >= 4 is 28.4 Å². The minimum absolute atomic E-state index is 0.0995. The molecule has 2 heterocycles. The van der Waals surface area contributed by atoms with Gasteiger partial charge in [-0.2, -0.15) is 0 Å². The van der Waals surface area contributed by atoms with Crippen LogP contribution in [0.5, 0.6) is 5.88 Å². The van der Waals surface area contributed by atoms with Gasteiger partial charge in [0.1, 0.15) is 16.8 Å². The Bertz CT molecular complexity index is 1190. The lowest BCUT2D eigenvalue weighted by Gasteiger charge is -2.04. The quantitative estimate of drug-likeness (QED) is 0.729. The van der Waals surface area contributed by atoms with Crippen molar-refractivity contribution in [2.45, 2.75) is 26.7 Å². The van der Waals surface area contributed by atoms with Crippen LogP contribution in [0, 0.1) is 5.92 Å². The van der Waals surface area contributed by atoms with E-state index in [1.165, 1.54) is 0 Å². The molecule has 0 bridgehead atoms. The van der Waals surface area contributed by atoms with Crippen molar-refractivity contribution in [2.24, 2.45) is 21.4 Å². The molecule has 0 aliphatic carbocycles. The highest BCUT2D eigenvalue weighted by Crippen LogP contribution is 2.29. The molecule has 4 rings (SSSR count). The first kappa shape index (κ1) is 17.1. The lowest BCUT2D eigenvalue weighted by Crippen LogP contribution is -2.07. The SMILES string of the molecule is CC(C)CC(=O)Cc1ccc2[nH]c(O)c(/C=c3\ccc4c(c3)N=NN=4)c2c1. The summed E-state index contributed by atoms with van der Waals surface area (Å²) < 4.78 is 0. The maximum absolute atomic E-state index is 12.2. The van der Waals surface area contributed by atoms with Gasteiger partial charge >= 0.3 is 0 Å². The van der Waals surface area contributed by atoms with E-state index in [-0.39, 0.29) is 11.7 Å². The molecule has 6 nitrogen and oxygen atoms in total. The molecule has 0 spiro atoms. The van der Waals surface area contributed by atoms with Crippen LogP contribution < -0.4 is 10.6 Å². The first-order valence-corrected chi connectivity index (χ1v) is 8.95. The highest BCUT2D eigenvalue weighted by atomic mass is 16.3.